The van der Waals surface area contributed by atoms with Crippen molar-refractivity contribution in [1.29, 1.82) is 0 Å². The van der Waals surface area contributed by atoms with Gasteiger partial charge in [0.15, 0.2) is 0 Å². The first-order chi connectivity index (χ1) is 7.09. The Balaban J connectivity index is 2.65. The third-order valence-corrected chi connectivity index (χ3v) is 3.29. The third kappa shape index (κ3) is 1.94. The Hall–Kier alpha value is -0.800. The number of aryl methyl sites for hydroxylation is 1. The number of halogens is 1. The van der Waals surface area contributed by atoms with Gasteiger partial charge in [0.2, 0.25) is 0 Å². The van der Waals surface area contributed by atoms with E-state index in [0.29, 0.717) is 0 Å². The van der Waals surface area contributed by atoms with Gasteiger partial charge in [0.1, 0.15) is 0 Å². The van der Waals surface area contributed by atoms with Crippen molar-refractivity contribution in [3.05, 3.63) is 33.9 Å². The average Bonchev–Trinajstić information content (AvgIpc) is 2.43. The van der Waals surface area contributed by atoms with Crippen molar-refractivity contribution in [2.45, 2.75) is 26.3 Å². The third-order valence-electron chi connectivity index (χ3n) is 2.61. The largest absolute Gasteiger partial charge is 0.349 e. The van der Waals surface area contributed by atoms with Gasteiger partial charge in [-0.3, -0.25) is 0 Å². The summed E-state index contributed by atoms with van der Waals surface area (Å²) >= 11 is 3.56. The number of aromatic amines is 1. The van der Waals surface area contributed by atoms with Crippen molar-refractivity contribution < 1.29 is 0 Å². The van der Waals surface area contributed by atoms with E-state index >= 15 is 0 Å². The van der Waals surface area contributed by atoms with E-state index in [-0.39, 0.29) is 6.04 Å². The zero-order chi connectivity index (χ0) is 11.0. The second kappa shape index (κ2) is 3.99. The molecule has 3 heteroatoms. The van der Waals surface area contributed by atoms with Gasteiger partial charge in [-0.1, -0.05) is 12.1 Å². The van der Waals surface area contributed by atoms with Crippen LogP contribution in [0.3, 0.4) is 0 Å². The molecule has 2 nitrogen and oxygen atoms in total. The lowest BCUT2D eigenvalue weighted by Crippen LogP contribution is -2.17. The SMILES string of the molecule is Cc1cccc2[nH]c(Br)c(CC(C)N)c12. The zero-order valence-electron chi connectivity index (χ0n) is 8.97. The molecule has 80 valence electrons. The second-order valence-corrected chi connectivity index (χ2v) is 4.89. The molecule has 1 atom stereocenters. The Morgan fingerprint density at radius 3 is 2.87 bits per heavy atom. The molecule has 0 spiro atoms. The van der Waals surface area contributed by atoms with Gasteiger partial charge in [-0.25, -0.2) is 0 Å². The molecule has 3 N–H and O–H groups in total. The highest BCUT2D eigenvalue weighted by Gasteiger charge is 2.12. The van der Waals surface area contributed by atoms with Crippen LogP contribution in [-0.4, -0.2) is 11.0 Å². The number of H-pyrrole nitrogens is 1. The number of nitrogens with one attached hydrogen (secondary N) is 1. The standard InChI is InChI=1S/C12H15BrN2/c1-7-4-3-5-10-11(7)9(6-8(2)14)12(13)15-10/h3-5,8,15H,6,14H2,1-2H3. The van der Waals surface area contributed by atoms with E-state index in [1.54, 1.807) is 0 Å². The van der Waals surface area contributed by atoms with Gasteiger partial charge >= 0.3 is 0 Å². The van der Waals surface area contributed by atoms with E-state index < -0.39 is 0 Å². The number of aromatic nitrogens is 1. The minimum absolute atomic E-state index is 0.180. The van der Waals surface area contributed by atoms with E-state index in [0.717, 1.165) is 11.0 Å². The summed E-state index contributed by atoms with van der Waals surface area (Å²) in [7, 11) is 0. The van der Waals surface area contributed by atoms with Crippen molar-refractivity contribution >= 4 is 26.8 Å². The molecule has 0 radical (unpaired) electrons. The molecule has 0 amide bonds. The Morgan fingerprint density at radius 2 is 2.20 bits per heavy atom. The number of benzene rings is 1. The molecule has 0 saturated carbocycles. The number of hydrogen-bond acceptors (Lipinski definition) is 1. The fraction of sp³-hybridized carbons (Fsp3) is 0.333. The fourth-order valence-electron chi connectivity index (χ4n) is 1.99. The smallest absolute Gasteiger partial charge is 0.0864 e. The molecular formula is C12H15BrN2. The van der Waals surface area contributed by atoms with Crippen molar-refractivity contribution in [1.82, 2.24) is 4.98 Å². The number of rotatable bonds is 2. The Morgan fingerprint density at radius 1 is 1.47 bits per heavy atom. The summed E-state index contributed by atoms with van der Waals surface area (Å²) in [4.78, 5) is 3.33. The minimum Gasteiger partial charge on any atom is -0.349 e. The van der Waals surface area contributed by atoms with Crippen molar-refractivity contribution in [3.8, 4) is 0 Å². The molecular weight excluding hydrogens is 252 g/mol. The molecule has 0 fully saturated rings. The van der Waals surface area contributed by atoms with E-state index in [2.05, 4.69) is 46.0 Å². The van der Waals surface area contributed by atoms with Crippen LogP contribution in [0.15, 0.2) is 22.8 Å². The van der Waals surface area contributed by atoms with Crippen LogP contribution in [0.4, 0.5) is 0 Å². The monoisotopic (exact) mass is 266 g/mol. The lowest BCUT2D eigenvalue weighted by molar-refractivity contribution is 0.739. The highest BCUT2D eigenvalue weighted by Crippen LogP contribution is 2.29. The summed E-state index contributed by atoms with van der Waals surface area (Å²) in [6.07, 6.45) is 0.894. The molecule has 0 saturated heterocycles. The lowest BCUT2D eigenvalue weighted by atomic mass is 10.0. The predicted molar refractivity (Wildman–Crippen MR) is 68.1 cm³/mol. The van der Waals surface area contributed by atoms with Gasteiger partial charge in [0, 0.05) is 16.9 Å². The highest BCUT2D eigenvalue weighted by atomic mass is 79.9. The maximum Gasteiger partial charge on any atom is 0.0864 e. The Kier molecular flexibility index (Phi) is 2.85. The summed E-state index contributed by atoms with van der Waals surface area (Å²) in [5.41, 5.74) is 9.62. The van der Waals surface area contributed by atoms with Crippen LogP contribution in [0.25, 0.3) is 10.9 Å². The van der Waals surface area contributed by atoms with Gasteiger partial charge in [0.05, 0.1) is 4.60 Å². The van der Waals surface area contributed by atoms with Crippen LogP contribution in [0.5, 0.6) is 0 Å². The molecule has 0 aliphatic heterocycles. The summed E-state index contributed by atoms with van der Waals surface area (Å²) in [5.74, 6) is 0. The molecule has 15 heavy (non-hydrogen) atoms. The van der Waals surface area contributed by atoms with E-state index in [9.17, 15) is 0 Å². The van der Waals surface area contributed by atoms with Gasteiger partial charge < -0.3 is 10.7 Å². The van der Waals surface area contributed by atoms with E-state index in [1.807, 2.05) is 6.92 Å². The topological polar surface area (TPSA) is 41.8 Å². The van der Waals surface area contributed by atoms with Crippen LogP contribution in [0.2, 0.25) is 0 Å². The van der Waals surface area contributed by atoms with Crippen LogP contribution >= 0.6 is 15.9 Å². The molecule has 2 rings (SSSR count). The normalized spacial score (nSPS) is 13.3. The van der Waals surface area contributed by atoms with Crippen molar-refractivity contribution in [2.75, 3.05) is 0 Å². The molecule has 1 aromatic heterocycles. The molecule has 1 heterocycles. The lowest BCUT2D eigenvalue weighted by Gasteiger charge is -2.05. The summed E-state index contributed by atoms with van der Waals surface area (Å²) in [5, 5.41) is 1.31. The molecule has 2 aromatic rings. The first-order valence-electron chi connectivity index (χ1n) is 5.11. The van der Waals surface area contributed by atoms with E-state index in [4.69, 9.17) is 5.73 Å². The average molecular weight is 267 g/mol. The summed E-state index contributed by atoms with van der Waals surface area (Å²) < 4.78 is 1.06. The van der Waals surface area contributed by atoms with Gasteiger partial charge in [-0.15, -0.1) is 0 Å². The second-order valence-electron chi connectivity index (χ2n) is 4.10. The molecule has 0 aliphatic rings. The van der Waals surface area contributed by atoms with Gasteiger partial charge in [-0.2, -0.15) is 0 Å². The first-order valence-corrected chi connectivity index (χ1v) is 5.90. The Labute approximate surface area is 98.0 Å². The van der Waals surface area contributed by atoms with E-state index in [1.165, 1.54) is 22.0 Å². The highest BCUT2D eigenvalue weighted by molar-refractivity contribution is 9.10. The number of fused-ring (bicyclic) bond motifs is 1. The summed E-state index contributed by atoms with van der Waals surface area (Å²) in [6, 6.07) is 6.47. The van der Waals surface area contributed by atoms with Crippen molar-refractivity contribution in [3.63, 3.8) is 0 Å². The van der Waals surface area contributed by atoms with Crippen molar-refractivity contribution in [2.24, 2.45) is 5.73 Å². The van der Waals surface area contributed by atoms with Gasteiger partial charge in [0.25, 0.3) is 0 Å². The van der Waals surface area contributed by atoms with Crippen LogP contribution in [0.1, 0.15) is 18.1 Å². The minimum atomic E-state index is 0.180. The summed E-state index contributed by atoms with van der Waals surface area (Å²) in [6.45, 7) is 4.16. The maximum absolute atomic E-state index is 5.86. The first kappa shape index (κ1) is 10.7. The molecule has 0 bridgehead atoms. The fourth-order valence-corrected chi connectivity index (χ4v) is 2.56. The van der Waals surface area contributed by atoms with Gasteiger partial charge in [-0.05, 0) is 53.4 Å². The van der Waals surface area contributed by atoms with Crippen LogP contribution < -0.4 is 5.73 Å². The Bertz CT molecular complexity index is 486. The zero-order valence-corrected chi connectivity index (χ0v) is 10.6. The number of hydrogen-bond donors (Lipinski definition) is 2. The van der Waals surface area contributed by atoms with Crippen LogP contribution in [0, 0.1) is 6.92 Å². The quantitative estimate of drug-likeness (QED) is 0.862. The van der Waals surface area contributed by atoms with Crippen LogP contribution in [-0.2, 0) is 6.42 Å². The molecule has 1 unspecified atom stereocenters. The molecule has 1 aromatic carbocycles. The molecule has 0 aliphatic carbocycles. The number of nitrogens with two attached hydrogens (primary N) is 1. The predicted octanol–water partition coefficient (Wildman–Crippen LogP) is 3.13. The maximum atomic E-state index is 5.86.